The van der Waals surface area contributed by atoms with Gasteiger partial charge in [-0.3, -0.25) is 9.36 Å². The van der Waals surface area contributed by atoms with Crippen molar-refractivity contribution < 1.29 is 27.1 Å². The van der Waals surface area contributed by atoms with Crippen LogP contribution in [0.25, 0.3) is 5.69 Å². The van der Waals surface area contributed by atoms with Crippen LogP contribution in [0.4, 0.5) is 22.4 Å². The molecule has 0 saturated carbocycles. The van der Waals surface area contributed by atoms with Crippen molar-refractivity contribution >= 4 is 17.7 Å². The van der Waals surface area contributed by atoms with Crippen molar-refractivity contribution in [3.63, 3.8) is 0 Å². The van der Waals surface area contributed by atoms with E-state index in [-0.39, 0.29) is 26.0 Å². The lowest BCUT2D eigenvalue weighted by Gasteiger charge is -2.26. The molecular formula is C18H16ClF4N3O4. The van der Waals surface area contributed by atoms with E-state index in [1.165, 1.54) is 4.90 Å². The van der Waals surface area contributed by atoms with Crippen LogP contribution in [0, 0.1) is 5.82 Å². The number of nitrogens with zero attached hydrogens (tertiary/aromatic N) is 3. The molecule has 1 aromatic carbocycles. The van der Waals surface area contributed by atoms with Gasteiger partial charge in [0, 0.05) is 32.3 Å². The monoisotopic (exact) mass is 449 g/mol. The molecule has 0 bridgehead atoms. The molecular weight excluding hydrogens is 434 g/mol. The van der Waals surface area contributed by atoms with Gasteiger partial charge in [0.15, 0.2) is 5.75 Å². The molecule has 1 aliphatic rings. The molecule has 30 heavy (non-hydrogen) atoms. The fourth-order valence-corrected chi connectivity index (χ4v) is 3.31. The van der Waals surface area contributed by atoms with Gasteiger partial charge in [-0.15, -0.1) is 0 Å². The number of piperidine rings is 1. The molecule has 1 aliphatic heterocycles. The Morgan fingerprint density at radius 1 is 1.10 bits per heavy atom. The average Bonchev–Trinajstić information content (AvgIpc) is 2.67. The van der Waals surface area contributed by atoms with Crippen molar-refractivity contribution in [2.24, 2.45) is 7.05 Å². The lowest BCUT2D eigenvalue weighted by atomic mass is 10.1. The van der Waals surface area contributed by atoms with Gasteiger partial charge in [-0.25, -0.2) is 18.5 Å². The summed E-state index contributed by atoms with van der Waals surface area (Å²) >= 11 is 5.91. The van der Waals surface area contributed by atoms with Crippen LogP contribution in [0.3, 0.4) is 0 Å². The Hall–Kier alpha value is -2.82. The minimum Gasteiger partial charge on any atom is -0.409 e. The van der Waals surface area contributed by atoms with Crippen molar-refractivity contribution in [2.45, 2.75) is 25.4 Å². The average molecular weight is 450 g/mol. The summed E-state index contributed by atoms with van der Waals surface area (Å²) in [4.78, 5) is 38.3. The van der Waals surface area contributed by atoms with Crippen molar-refractivity contribution in [2.75, 3.05) is 13.1 Å². The first-order valence-electron chi connectivity index (χ1n) is 8.87. The normalized spacial score (nSPS) is 14.7. The fourth-order valence-electron chi connectivity index (χ4n) is 3.12. The van der Waals surface area contributed by atoms with Crippen LogP contribution in [0.1, 0.15) is 25.0 Å². The second-order valence-corrected chi connectivity index (χ2v) is 7.10. The van der Waals surface area contributed by atoms with Gasteiger partial charge in [-0.2, -0.15) is 13.2 Å². The van der Waals surface area contributed by atoms with Crippen molar-refractivity contribution in [3.05, 3.63) is 55.6 Å². The second-order valence-electron chi connectivity index (χ2n) is 6.69. The number of aromatic nitrogens is 2. The number of carbonyl (C=O) groups is 1. The van der Waals surface area contributed by atoms with Crippen molar-refractivity contribution in [3.8, 4) is 11.4 Å². The Morgan fingerprint density at radius 2 is 1.73 bits per heavy atom. The molecule has 0 N–H and O–H groups in total. The van der Waals surface area contributed by atoms with Crippen LogP contribution >= 0.6 is 11.6 Å². The minimum absolute atomic E-state index is 0.175. The van der Waals surface area contributed by atoms with E-state index in [4.69, 9.17) is 16.3 Å². The molecule has 0 atom stereocenters. The topological polar surface area (TPSA) is 73.5 Å². The van der Waals surface area contributed by atoms with E-state index in [0.29, 0.717) is 19.2 Å². The first-order valence-corrected chi connectivity index (χ1v) is 9.25. The third-order valence-corrected chi connectivity index (χ3v) is 4.96. The van der Waals surface area contributed by atoms with Gasteiger partial charge in [-0.1, -0.05) is 11.6 Å². The maximum atomic E-state index is 14.5. The largest absolute Gasteiger partial charge is 0.431 e. The maximum absolute atomic E-state index is 14.5. The van der Waals surface area contributed by atoms with Gasteiger partial charge >= 0.3 is 18.0 Å². The summed E-state index contributed by atoms with van der Waals surface area (Å²) in [6.45, 7) is 0.923. The molecule has 1 saturated heterocycles. The zero-order valence-electron chi connectivity index (χ0n) is 15.6. The van der Waals surface area contributed by atoms with Crippen LogP contribution in [0.2, 0.25) is 5.02 Å². The number of ether oxygens (including phenoxy) is 1. The summed E-state index contributed by atoms with van der Waals surface area (Å²) in [5.74, 6) is -1.49. The summed E-state index contributed by atoms with van der Waals surface area (Å²) in [5, 5.41) is -0.307. The van der Waals surface area contributed by atoms with Gasteiger partial charge in [0.05, 0.1) is 10.7 Å². The molecule has 2 heterocycles. The molecule has 162 valence electrons. The highest BCUT2D eigenvalue weighted by atomic mass is 35.5. The van der Waals surface area contributed by atoms with Gasteiger partial charge in [-0.05, 0) is 25.3 Å². The van der Waals surface area contributed by atoms with Crippen molar-refractivity contribution in [1.29, 1.82) is 0 Å². The molecule has 0 radical (unpaired) electrons. The number of benzene rings is 1. The molecule has 1 aromatic heterocycles. The number of hydrogen-bond acceptors (Lipinski definition) is 4. The molecule has 2 aromatic rings. The highest BCUT2D eigenvalue weighted by Gasteiger charge is 2.35. The Bertz CT molecular complexity index is 1100. The molecule has 0 spiro atoms. The van der Waals surface area contributed by atoms with E-state index in [9.17, 15) is 31.9 Å². The van der Waals surface area contributed by atoms with Crippen LogP contribution in [-0.2, 0) is 13.2 Å². The van der Waals surface area contributed by atoms with E-state index in [1.54, 1.807) is 0 Å². The van der Waals surface area contributed by atoms with Gasteiger partial charge < -0.3 is 9.64 Å². The Kier molecular flexibility index (Phi) is 5.93. The van der Waals surface area contributed by atoms with Gasteiger partial charge in [0.25, 0.3) is 5.56 Å². The molecule has 1 amide bonds. The number of halogens is 5. The van der Waals surface area contributed by atoms with E-state index in [2.05, 4.69) is 0 Å². The molecule has 12 heteroatoms. The predicted octanol–water partition coefficient (Wildman–Crippen LogP) is 3.33. The number of alkyl halides is 3. The molecule has 7 nitrogen and oxygen atoms in total. The Labute approximate surface area is 172 Å². The van der Waals surface area contributed by atoms with Crippen molar-refractivity contribution in [1.82, 2.24) is 14.0 Å². The predicted molar refractivity (Wildman–Crippen MR) is 98.7 cm³/mol. The SMILES string of the molecule is Cn1c(C(F)(F)F)cc(=O)n(-c2cc(OC(=O)N3CCCCC3)c(Cl)cc2F)c1=O. The summed E-state index contributed by atoms with van der Waals surface area (Å²) in [5.41, 5.74) is -5.01. The van der Waals surface area contributed by atoms with Crippen LogP contribution in [0.15, 0.2) is 27.8 Å². The van der Waals surface area contributed by atoms with E-state index in [0.717, 1.165) is 32.4 Å². The molecule has 0 unspecified atom stereocenters. The minimum atomic E-state index is -4.96. The van der Waals surface area contributed by atoms with E-state index in [1.807, 2.05) is 0 Å². The maximum Gasteiger partial charge on any atom is 0.431 e. The van der Waals surface area contributed by atoms with Crippen LogP contribution < -0.4 is 16.0 Å². The second kappa shape index (κ2) is 8.13. The van der Waals surface area contributed by atoms with E-state index >= 15 is 0 Å². The highest BCUT2D eigenvalue weighted by molar-refractivity contribution is 6.32. The molecule has 1 fully saturated rings. The standard InChI is InChI=1S/C18H16ClF4N3O4/c1-24-14(18(21,22)23)9-15(27)26(16(24)28)12-8-13(10(19)7-11(12)20)30-17(29)25-5-3-2-4-6-25/h7-9H,2-6H2,1H3. The summed E-state index contributed by atoms with van der Waals surface area (Å²) in [6.07, 6.45) is -3.17. The van der Waals surface area contributed by atoms with Gasteiger partial charge in [0.2, 0.25) is 0 Å². The molecule has 3 rings (SSSR count). The Morgan fingerprint density at radius 3 is 2.33 bits per heavy atom. The summed E-state index contributed by atoms with van der Waals surface area (Å²) < 4.78 is 59.0. The lowest BCUT2D eigenvalue weighted by Crippen LogP contribution is -2.41. The zero-order valence-corrected chi connectivity index (χ0v) is 16.4. The van der Waals surface area contributed by atoms with E-state index < -0.39 is 40.7 Å². The molecule has 0 aliphatic carbocycles. The number of amides is 1. The third-order valence-electron chi connectivity index (χ3n) is 4.66. The summed E-state index contributed by atoms with van der Waals surface area (Å²) in [6, 6.07) is 1.71. The first-order chi connectivity index (χ1) is 14.0. The number of likely N-dealkylation sites (tertiary alicyclic amines) is 1. The number of carbonyl (C=O) groups excluding carboxylic acids is 1. The fraction of sp³-hybridized carbons (Fsp3) is 0.389. The third kappa shape index (κ3) is 4.20. The van der Waals surface area contributed by atoms with Gasteiger partial charge in [0.1, 0.15) is 11.5 Å². The lowest BCUT2D eigenvalue weighted by molar-refractivity contribution is -0.144. The van der Waals surface area contributed by atoms with Crippen LogP contribution in [0.5, 0.6) is 5.75 Å². The smallest absolute Gasteiger partial charge is 0.409 e. The Balaban J connectivity index is 2.06. The number of hydrogen-bond donors (Lipinski definition) is 0. The summed E-state index contributed by atoms with van der Waals surface area (Å²) in [7, 11) is 0.798. The highest BCUT2D eigenvalue weighted by Crippen LogP contribution is 2.30. The first kappa shape index (κ1) is 21.9. The number of rotatable bonds is 2. The zero-order chi connectivity index (χ0) is 22.2. The van der Waals surface area contributed by atoms with Crippen LogP contribution in [-0.4, -0.2) is 33.2 Å². The quantitative estimate of drug-likeness (QED) is 0.659.